The first-order valence-corrected chi connectivity index (χ1v) is 7.07. The number of rotatable bonds is 3. The highest BCUT2D eigenvalue weighted by Crippen LogP contribution is 2.27. The Morgan fingerprint density at radius 1 is 1.32 bits per heavy atom. The number of hydrogen-bond donors (Lipinski definition) is 0. The summed E-state index contributed by atoms with van der Waals surface area (Å²) in [6.45, 7) is 5.37. The smallest absolute Gasteiger partial charge is 0.410 e. The Hall–Kier alpha value is -2.43. The van der Waals surface area contributed by atoms with Gasteiger partial charge in [0.15, 0.2) is 0 Å². The van der Waals surface area contributed by atoms with Crippen molar-refractivity contribution in [3.8, 4) is 0 Å². The van der Waals surface area contributed by atoms with Gasteiger partial charge in [-0.2, -0.15) is 0 Å². The molecule has 1 amide bonds. The quantitative estimate of drug-likeness (QED) is 0.816. The summed E-state index contributed by atoms with van der Waals surface area (Å²) in [7, 11) is 1.56. The Morgan fingerprint density at radius 2 is 2.05 bits per heavy atom. The van der Waals surface area contributed by atoms with E-state index in [1.807, 2.05) is 24.3 Å². The van der Waals surface area contributed by atoms with Gasteiger partial charge in [-0.25, -0.2) is 4.79 Å². The summed E-state index contributed by atoms with van der Waals surface area (Å²) in [6.07, 6.45) is 3.62. The van der Waals surface area contributed by atoms with E-state index in [2.05, 4.69) is 4.98 Å². The van der Waals surface area contributed by atoms with Crippen molar-refractivity contribution in [1.29, 1.82) is 0 Å². The van der Waals surface area contributed by atoms with E-state index < -0.39 is 17.7 Å². The van der Waals surface area contributed by atoms with Gasteiger partial charge in [-0.3, -0.25) is 9.88 Å². The van der Waals surface area contributed by atoms with Gasteiger partial charge in [0.25, 0.3) is 0 Å². The molecule has 2 rings (SSSR count). The summed E-state index contributed by atoms with van der Waals surface area (Å²) in [6, 6.07) is 6.73. The molecule has 0 aliphatic carbocycles. The number of hydrogen-bond acceptors (Lipinski definition) is 4. The molecule has 1 atom stereocenters. The summed E-state index contributed by atoms with van der Waals surface area (Å²) in [5.41, 5.74) is 0.143. The lowest BCUT2D eigenvalue weighted by Gasteiger charge is -2.28. The molecule has 5 nitrogen and oxygen atoms in total. The highest BCUT2D eigenvalue weighted by atomic mass is 16.6. The molecule has 1 aromatic heterocycles. The van der Waals surface area contributed by atoms with E-state index in [4.69, 9.17) is 4.74 Å². The van der Waals surface area contributed by atoms with Gasteiger partial charge in [-0.15, -0.1) is 0 Å². The lowest BCUT2D eigenvalue weighted by atomic mass is 10.0. The zero-order valence-corrected chi connectivity index (χ0v) is 13.2. The molecule has 0 aliphatic rings. The lowest BCUT2D eigenvalue weighted by molar-refractivity contribution is -0.112. The number of pyridine rings is 1. The van der Waals surface area contributed by atoms with Gasteiger partial charge in [-0.1, -0.05) is 18.2 Å². The molecule has 0 bridgehead atoms. The maximum Gasteiger partial charge on any atom is 0.410 e. The number of amides is 1. The summed E-state index contributed by atoms with van der Waals surface area (Å²) in [5, 5.41) is 1.81. The van der Waals surface area contributed by atoms with Crippen LogP contribution in [0.2, 0.25) is 0 Å². The number of likely N-dealkylation sites (N-methyl/N-ethyl adjacent to an activating group) is 1. The molecule has 5 heteroatoms. The maximum absolute atomic E-state index is 12.2. The molecule has 0 aliphatic heterocycles. The topological polar surface area (TPSA) is 59.5 Å². The second-order valence-electron chi connectivity index (χ2n) is 6.12. The summed E-state index contributed by atoms with van der Waals surface area (Å²) in [5.74, 6) is 0. The number of carbonyl (C=O) groups excluding carboxylic acids is 2. The van der Waals surface area contributed by atoms with Crippen molar-refractivity contribution in [3.05, 3.63) is 42.2 Å². The van der Waals surface area contributed by atoms with Crippen molar-refractivity contribution in [2.75, 3.05) is 7.05 Å². The Kier molecular flexibility index (Phi) is 4.45. The third-order valence-electron chi connectivity index (χ3n) is 3.26. The molecule has 1 aromatic carbocycles. The van der Waals surface area contributed by atoms with Gasteiger partial charge in [0.2, 0.25) is 0 Å². The fourth-order valence-corrected chi connectivity index (χ4v) is 2.23. The fraction of sp³-hybridized carbons (Fsp3) is 0.353. The Balaban J connectivity index is 2.38. The molecule has 1 heterocycles. The standard InChI is InChI=1S/C17H20N2O3/c1-17(2,3)22-16(21)19(4)15(11-20)14-7-5-6-12-10-18-9-8-13(12)14/h5-11,15H,1-4H3. The van der Waals surface area contributed by atoms with Crippen molar-refractivity contribution in [2.24, 2.45) is 0 Å². The van der Waals surface area contributed by atoms with Gasteiger partial charge in [0.1, 0.15) is 17.9 Å². The van der Waals surface area contributed by atoms with Crippen LogP contribution in [0, 0.1) is 0 Å². The number of nitrogens with zero attached hydrogens (tertiary/aromatic N) is 2. The van der Waals surface area contributed by atoms with E-state index >= 15 is 0 Å². The van der Waals surface area contributed by atoms with E-state index in [1.165, 1.54) is 4.90 Å². The van der Waals surface area contributed by atoms with Crippen LogP contribution in [-0.4, -0.2) is 34.9 Å². The minimum absolute atomic E-state index is 0.532. The van der Waals surface area contributed by atoms with Gasteiger partial charge in [0.05, 0.1) is 0 Å². The van der Waals surface area contributed by atoms with Gasteiger partial charge >= 0.3 is 6.09 Å². The first-order chi connectivity index (χ1) is 10.3. The molecule has 0 fully saturated rings. The van der Waals surface area contributed by atoms with Crippen molar-refractivity contribution < 1.29 is 14.3 Å². The molecule has 2 aromatic rings. The van der Waals surface area contributed by atoms with Crippen molar-refractivity contribution >= 4 is 23.2 Å². The Bertz CT molecular complexity index is 686. The normalized spacial score (nSPS) is 12.7. The van der Waals surface area contributed by atoms with Crippen LogP contribution in [0.15, 0.2) is 36.7 Å². The molecule has 22 heavy (non-hydrogen) atoms. The van der Waals surface area contributed by atoms with E-state index in [0.29, 0.717) is 0 Å². The molecule has 0 radical (unpaired) electrons. The lowest BCUT2D eigenvalue weighted by Crippen LogP contribution is -2.37. The first kappa shape index (κ1) is 15.9. The Labute approximate surface area is 129 Å². The first-order valence-electron chi connectivity index (χ1n) is 7.07. The molecule has 0 saturated heterocycles. The van der Waals surface area contributed by atoms with Crippen LogP contribution in [0.4, 0.5) is 4.79 Å². The molecular formula is C17H20N2O3. The predicted molar refractivity (Wildman–Crippen MR) is 84.5 cm³/mol. The van der Waals surface area contributed by atoms with Gasteiger partial charge in [-0.05, 0) is 37.8 Å². The molecule has 1 unspecified atom stereocenters. The van der Waals surface area contributed by atoms with Crippen LogP contribution in [0.3, 0.4) is 0 Å². The summed E-state index contributed by atoms with van der Waals surface area (Å²) < 4.78 is 5.33. The molecule has 0 N–H and O–H groups in total. The molecular weight excluding hydrogens is 280 g/mol. The van der Waals surface area contributed by atoms with Crippen molar-refractivity contribution in [2.45, 2.75) is 32.4 Å². The van der Waals surface area contributed by atoms with E-state index in [1.54, 1.807) is 40.2 Å². The van der Waals surface area contributed by atoms with Gasteiger partial charge in [0, 0.05) is 24.8 Å². The van der Waals surface area contributed by atoms with E-state index in [-0.39, 0.29) is 0 Å². The predicted octanol–water partition coefficient (Wildman–Crippen LogP) is 3.34. The third kappa shape index (κ3) is 3.42. The van der Waals surface area contributed by atoms with Crippen LogP contribution in [-0.2, 0) is 9.53 Å². The number of carbonyl (C=O) groups is 2. The van der Waals surface area contributed by atoms with Crippen LogP contribution < -0.4 is 0 Å². The molecule has 0 spiro atoms. The van der Waals surface area contributed by atoms with Crippen molar-refractivity contribution in [3.63, 3.8) is 0 Å². The van der Waals surface area contributed by atoms with Gasteiger partial charge < -0.3 is 9.53 Å². The minimum Gasteiger partial charge on any atom is -0.444 e. The van der Waals surface area contributed by atoms with Crippen LogP contribution in [0.5, 0.6) is 0 Å². The zero-order chi connectivity index (χ0) is 16.3. The highest BCUT2D eigenvalue weighted by Gasteiger charge is 2.27. The Morgan fingerprint density at radius 3 is 2.68 bits per heavy atom. The number of fused-ring (bicyclic) bond motifs is 1. The average Bonchev–Trinajstić information content (AvgIpc) is 2.46. The molecule has 116 valence electrons. The SMILES string of the molecule is CN(C(=O)OC(C)(C)C)C(C=O)c1cccc2cnccc12. The number of aldehydes is 1. The van der Waals surface area contributed by atoms with E-state index in [0.717, 1.165) is 22.6 Å². The average molecular weight is 300 g/mol. The number of benzene rings is 1. The fourth-order valence-electron chi connectivity index (χ4n) is 2.23. The second-order valence-corrected chi connectivity index (χ2v) is 6.12. The minimum atomic E-state index is -0.707. The summed E-state index contributed by atoms with van der Waals surface area (Å²) in [4.78, 5) is 29.2. The maximum atomic E-state index is 12.2. The van der Waals surface area contributed by atoms with Crippen LogP contribution in [0.25, 0.3) is 10.8 Å². The second kappa shape index (κ2) is 6.13. The largest absolute Gasteiger partial charge is 0.444 e. The third-order valence-corrected chi connectivity index (χ3v) is 3.26. The van der Waals surface area contributed by atoms with Crippen LogP contribution in [0.1, 0.15) is 32.4 Å². The van der Waals surface area contributed by atoms with Crippen molar-refractivity contribution in [1.82, 2.24) is 9.88 Å². The van der Waals surface area contributed by atoms with E-state index in [9.17, 15) is 9.59 Å². The number of aromatic nitrogens is 1. The summed E-state index contributed by atoms with van der Waals surface area (Å²) >= 11 is 0. The number of ether oxygens (including phenoxy) is 1. The monoisotopic (exact) mass is 300 g/mol. The zero-order valence-electron chi connectivity index (χ0n) is 13.2. The van der Waals surface area contributed by atoms with Crippen LogP contribution >= 0.6 is 0 Å². The molecule has 0 saturated carbocycles. The highest BCUT2D eigenvalue weighted by molar-refractivity contribution is 5.88.